The zero-order chi connectivity index (χ0) is 19.9. The highest BCUT2D eigenvalue weighted by Gasteiger charge is 2.29. The summed E-state index contributed by atoms with van der Waals surface area (Å²) in [5.41, 5.74) is 1.74. The van der Waals surface area contributed by atoms with Gasteiger partial charge in [-0.05, 0) is 36.7 Å². The number of carboxylic acids is 1. The van der Waals surface area contributed by atoms with Crippen molar-refractivity contribution in [1.29, 1.82) is 0 Å². The van der Waals surface area contributed by atoms with Crippen molar-refractivity contribution in [3.05, 3.63) is 23.8 Å². The molecule has 0 radical (unpaired) electrons. The molecule has 1 atom stereocenters. The third kappa shape index (κ3) is 5.87. The van der Waals surface area contributed by atoms with Crippen LogP contribution in [0.25, 0.3) is 0 Å². The van der Waals surface area contributed by atoms with Gasteiger partial charge in [0.2, 0.25) is 5.91 Å². The molecule has 3 N–H and O–H groups in total. The van der Waals surface area contributed by atoms with Crippen molar-refractivity contribution in [2.75, 3.05) is 26.0 Å². The molecular weight excluding hydrogens is 354 g/mol. The molecular formula is C18H27N3O4S. The third-order valence-corrected chi connectivity index (χ3v) is 4.26. The summed E-state index contributed by atoms with van der Waals surface area (Å²) in [6.07, 6.45) is 0.139. The first-order chi connectivity index (χ1) is 12.2. The second-order valence-corrected chi connectivity index (χ2v) is 6.72. The Bertz CT molecular complexity index is 664. The van der Waals surface area contributed by atoms with Gasteiger partial charge in [0.25, 0.3) is 0 Å². The zero-order valence-electron chi connectivity index (χ0n) is 15.8. The van der Waals surface area contributed by atoms with Gasteiger partial charge in [-0.3, -0.25) is 4.79 Å². The molecule has 7 nitrogen and oxygen atoms in total. The number of methoxy groups -OCH3 is 1. The molecule has 144 valence electrons. The molecule has 0 bridgehead atoms. The van der Waals surface area contributed by atoms with E-state index >= 15 is 0 Å². The number of carbonyl (C=O) groups is 2. The monoisotopic (exact) mass is 381 g/mol. The SMILES string of the molecule is COc1cccc(C)c1NC(=S)NCCC(=O)N(C)[C@H](C(=O)O)C(C)C. The fraction of sp³-hybridized carbons (Fsp3) is 0.500. The van der Waals surface area contributed by atoms with Crippen LogP contribution in [0.4, 0.5) is 5.69 Å². The molecule has 26 heavy (non-hydrogen) atoms. The van der Waals surface area contributed by atoms with Gasteiger partial charge in [-0.1, -0.05) is 26.0 Å². The van der Waals surface area contributed by atoms with Gasteiger partial charge >= 0.3 is 5.97 Å². The summed E-state index contributed by atoms with van der Waals surface area (Å²) in [6, 6.07) is 4.81. The van der Waals surface area contributed by atoms with Crippen LogP contribution in [0.15, 0.2) is 18.2 Å². The lowest BCUT2D eigenvalue weighted by atomic mass is 10.0. The number of carboxylic acid groups (broad SMARTS) is 1. The molecule has 0 saturated carbocycles. The van der Waals surface area contributed by atoms with Crippen molar-refractivity contribution in [1.82, 2.24) is 10.2 Å². The molecule has 0 fully saturated rings. The Morgan fingerprint density at radius 3 is 2.54 bits per heavy atom. The van der Waals surface area contributed by atoms with Crippen molar-refractivity contribution < 1.29 is 19.4 Å². The number of thiocarbonyl (C=S) groups is 1. The Labute approximate surface area is 159 Å². The summed E-state index contributed by atoms with van der Waals surface area (Å²) >= 11 is 5.26. The molecule has 0 unspecified atom stereocenters. The van der Waals surface area contributed by atoms with Gasteiger partial charge in [0.05, 0.1) is 12.8 Å². The maximum Gasteiger partial charge on any atom is 0.326 e. The van der Waals surface area contributed by atoms with Crippen LogP contribution in [0.1, 0.15) is 25.8 Å². The number of para-hydroxylation sites is 1. The minimum Gasteiger partial charge on any atom is -0.495 e. The lowest BCUT2D eigenvalue weighted by Crippen LogP contribution is -2.46. The predicted octanol–water partition coefficient (Wildman–Crippen LogP) is 2.25. The van der Waals surface area contributed by atoms with Crippen LogP contribution in [0.5, 0.6) is 5.75 Å². The highest BCUT2D eigenvalue weighted by atomic mass is 32.1. The summed E-state index contributed by atoms with van der Waals surface area (Å²) in [4.78, 5) is 24.8. The number of rotatable bonds is 8. The van der Waals surface area contributed by atoms with Gasteiger partial charge in [0, 0.05) is 20.0 Å². The van der Waals surface area contributed by atoms with Crippen molar-refractivity contribution >= 4 is 34.9 Å². The lowest BCUT2D eigenvalue weighted by molar-refractivity contribution is -0.150. The molecule has 8 heteroatoms. The Balaban J connectivity index is 2.56. The Hall–Kier alpha value is -2.35. The van der Waals surface area contributed by atoms with E-state index in [2.05, 4.69) is 10.6 Å². The standard InChI is InChI=1S/C18H27N3O4S/c1-11(2)16(17(23)24)21(4)14(22)9-10-19-18(26)20-15-12(3)7-6-8-13(15)25-5/h6-8,11,16H,9-10H2,1-5H3,(H,23,24)(H2,19,20,26)/t16-/m0/s1. The van der Waals surface area contributed by atoms with Crippen LogP contribution >= 0.6 is 12.2 Å². The average molecular weight is 381 g/mol. The first kappa shape index (κ1) is 21.7. The van der Waals surface area contributed by atoms with Crippen molar-refractivity contribution in [3.8, 4) is 5.75 Å². The molecule has 0 aliphatic heterocycles. The van der Waals surface area contributed by atoms with E-state index in [0.717, 1.165) is 11.3 Å². The second-order valence-electron chi connectivity index (χ2n) is 6.31. The number of hydrogen-bond acceptors (Lipinski definition) is 4. The molecule has 1 rings (SSSR count). The van der Waals surface area contributed by atoms with Gasteiger partial charge in [-0.25, -0.2) is 4.79 Å². The van der Waals surface area contributed by atoms with E-state index in [0.29, 0.717) is 17.4 Å². The summed E-state index contributed by atoms with van der Waals surface area (Å²) in [5, 5.41) is 15.7. The van der Waals surface area contributed by atoms with Gasteiger partial charge in [0.15, 0.2) is 5.11 Å². The van der Waals surface area contributed by atoms with E-state index in [1.54, 1.807) is 21.0 Å². The minimum absolute atomic E-state index is 0.139. The van der Waals surface area contributed by atoms with Crippen LogP contribution < -0.4 is 15.4 Å². The molecule has 0 spiro atoms. The number of benzene rings is 1. The molecule has 0 saturated heterocycles. The number of aryl methyl sites for hydroxylation is 1. The van der Waals surface area contributed by atoms with Crippen LogP contribution in [0.2, 0.25) is 0 Å². The van der Waals surface area contributed by atoms with E-state index in [9.17, 15) is 14.7 Å². The number of ether oxygens (including phenoxy) is 1. The summed E-state index contributed by atoms with van der Waals surface area (Å²) in [6.45, 7) is 5.78. The van der Waals surface area contributed by atoms with Crippen LogP contribution in [-0.4, -0.2) is 53.7 Å². The van der Waals surface area contributed by atoms with E-state index in [4.69, 9.17) is 17.0 Å². The Morgan fingerprint density at radius 1 is 1.35 bits per heavy atom. The van der Waals surface area contributed by atoms with Crippen LogP contribution in [0, 0.1) is 12.8 Å². The quantitative estimate of drug-likeness (QED) is 0.595. The first-order valence-electron chi connectivity index (χ1n) is 8.36. The molecule has 0 aliphatic carbocycles. The van der Waals surface area contributed by atoms with Gasteiger partial charge in [-0.2, -0.15) is 0 Å². The van der Waals surface area contributed by atoms with Crippen molar-refractivity contribution in [2.24, 2.45) is 5.92 Å². The number of carbonyl (C=O) groups excluding carboxylic acids is 1. The smallest absolute Gasteiger partial charge is 0.326 e. The number of hydrogen-bond donors (Lipinski definition) is 3. The molecule has 0 aliphatic rings. The molecule has 1 aromatic rings. The fourth-order valence-corrected chi connectivity index (χ4v) is 2.85. The maximum atomic E-state index is 12.2. The summed E-state index contributed by atoms with van der Waals surface area (Å²) < 4.78 is 5.31. The molecule has 0 heterocycles. The third-order valence-electron chi connectivity index (χ3n) is 4.01. The van der Waals surface area contributed by atoms with Crippen molar-refractivity contribution in [2.45, 2.75) is 33.2 Å². The fourth-order valence-electron chi connectivity index (χ4n) is 2.64. The van der Waals surface area contributed by atoms with E-state index in [-0.39, 0.29) is 18.2 Å². The number of anilines is 1. The highest BCUT2D eigenvalue weighted by Crippen LogP contribution is 2.27. The molecule has 1 aromatic carbocycles. The number of likely N-dealkylation sites (N-methyl/N-ethyl adjacent to an activating group) is 1. The number of nitrogens with zero attached hydrogens (tertiary/aromatic N) is 1. The maximum absolute atomic E-state index is 12.2. The van der Waals surface area contributed by atoms with Gasteiger partial charge < -0.3 is 25.4 Å². The topological polar surface area (TPSA) is 90.9 Å². The Kier molecular flexibility index (Phi) is 8.31. The number of nitrogens with one attached hydrogen (secondary N) is 2. The van der Waals surface area contributed by atoms with E-state index < -0.39 is 12.0 Å². The van der Waals surface area contributed by atoms with Crippen molar-refractivity contribution in [3.63, 3.8) is 0 Å². The lowest BCUT2D eigenvalue weighted by Gasteiger charge is -2.27. The van der Waals surface area contributed by atoms with Crippen LogP contribution in [-0.2, 0) is 9.59 Å². The highest BCUT2D eigenvalue weighted by molar-refractivity contribution is 7.80. The minimum atomic E-state index is -1.01. The first-order valence-corrected chi connectivity index (χ1v) is 8.76. The number of amides is 1. The van der Waals surface area contributed by atoms with E-state index in [1.165, 1.54) is 11.9 Å². The average Bonchev–Trinajstić information content (AvgIpc) is 2.55. The van der Waals surface area contributed by atoms with Crippen LogP contribution in [0.3, 0.4) is 0 Å². The molecule has 1 amide bonds. The Morgan fingerprint density at radius 2 is 2.00 bits per heavy atom. The second kappa shape index (κ2) is 9.96. The van der Waals surface area contributed by atoms with Gasteiger partial charge in [0.1, 0.15) is 11.8 Å². The number of aliphatic carboxylic acids is 1. The largest absolute Gasteiger partial charge is 0.495 e. The summed E-state index contributed by atoms with van der Waals surface area (Å²) in [5.74, 6) is -0.764. The van der Waals surface area contributed by atoms with E-state index in [1.807, 2.05) is 25.1 Å². The van der Waals surface area contributed by atoms with Gasteiger partial charge in [-0.15, -0.1) is 0 Å². The normalized spacial score (nSPS) is 11.6. The predicted molar refractivity (Wildman–Crippen MR) is 106 cm³/mol. The zero-order valence-corrected chi connectivity index (χ0v) is 16.6. The summed E-state index contributed by atoms with van der Waals surface area (Å²) in [7, 11) is 3.09. The molecule has 0 aromatic heterocycles.